The van der Waals surface area contributed by atoms with Crippen LogP contribution in [0.15, 0.2) is 12.1 Å². The molecule has 0 saturated carbocycles. The molecule has 0 aliphatic heterocycles. The number of imidazole rings is 1. The monoisotopic (exact) mass is 220 g/mol. The first-order valence-electron chi connectivity index (χ1n) is 5.32. The molecule has 2 heterocycles. The number of pyridine rings is 1. The van der Waals surface area contributed by atoms with E-state index in [0.717, 1.165) is 17.9 Å². The quantitative estimate of drug-likeness (QED) is 0.819. The smallest absolute Gasteiger partial charge is 0.215 e. The van der Waals surface area contributed by atoms with E-state index in [4.69, 9.17) is 4.74 Å². The van der Waals surface area contributed by atoms with Crippen molar-refractivity contribution in [1.29, 1.82) is 0 Å². The molecule has 0 atom stereocenters. The van der Waals surface area contributed by atoms with Gasteiger partial charge in [-0.05, 0) is 6.07 Å². The summed E-state index contributed by atoms with van der Waals surface area (Å²) in [7, 11) is 1.60. The van der Waals surface area contributed by atoms with Crippen LogP contribution in [0.2, 0.25) is 0 Å². The van der Waals surface area contributed by atoms with Crippen LogP contribution in [0.1, 0.15) is 19.7 Å². The third-order valence-corrected chi connectivity index (χ3v) is 2.26. The standard InChI is InChI=1S/C11H16N4O/c1-7(2)12-6-9-13-8-4-5-10(16-3)15-11(8)14-9/h4-5,7,12H,6H2,1-3H3,(H,13,14,15). The van der Waals surface area contributed by atoms with Crippen molar-refractivity contribution in [2.24, 2.45) is 0 Å². The topological polar surface area (TPSA) is 62.8 Å². The Morgan fingerprint density at radius 3 is 2.88 bits per heavy atom. The summed E-state index contributed by atoms with van der Waals surface area (Å²) in [4.78, 5) is 11.8. The Labute approximate surface area is 94.2 Å². The number of H-pyrrole nitrogens is 1. The van der Waals surface area contributed by atoms with Crippen LogP contribution in [0.5, 0.6) is 5.88 Å². The number of nitrogens with one attached hydrogen (secondary N) is 2. The van der Waals surface area contributed by atoms with Crippen molar-refractivity contribution in [3.8, 4) is 5.88 Å². The van der Waals surface area contributed by atoms with Gasteiger partial charge in [0.05, 0.1) is 19.2 Å². The molecule has 86 valence electrons. The van der Waals surface area contributed by atoms with Crippen molar-refractivity contribution in [3.05, 3.63) is 18.0 Å². The highest BCUT2D eigenvalue weighted by Crippen LogP contribution is 2.13. The second-order valence-corrected chi connectivity index (χ2v) is 3.94. The van der Waals surface area contributed by atoms with Crippen LogP contribution in [0.4, 0.5) is 0 Å². The Hall–Kier alpha value is -1.62. The van der Waals surface area contributed by atoms with Gasteiger partial charge in [0.2, 0.25) is 5.88 Å². The minimum Gasteiger partial charge on any atom is -0.481 e. The first-order valence-corrected chi connectivity index (χ1v) is 5.32. The number of rotatable bonds is 4. The number of hydrogen-bond acceptors (Lipinski definition) is 4. The van der Waals surface area contributed by atoms with E-state index in [1.165, 1.54) is 0 Å². The maximum Gasteiger partial charge on any atom is 0.215 e. The van der Waals surface area contributed by atoms with Gasteiger partial charge in [0.25, 0.3) is 0 Å². The highest BCUT2D eigenvalue weighted by molar-refractivity contribution is 5.71. The van der Waals surface area contributed by atoms with Gasteiger partial charge < -0.3 is 15.0 Å². The lowest BCUT2D eigenvalue weighted by Gasteiger charge is -2.04. The number of methoxy groups -OCH3 is 1. The zero-order valence-electron chi connectivity index (χ0n) is 9.74. The fourth-order valence-electron chi connectivity index (χ4n) is 1.42. The molecule has 0 amide bonds. The summed E-state index contributed by atoms with van der Waals surface area (Å²) in [5, 5.41) is 3.30. The highest BCUT2D eigenvalue weighted by Gasteiger charge is 2.05. The van der Waals surface area contributed by atoms with Crippen LogP contribution in [0, 0.1) is 0 Å². The van der Waals surface area contributed by atoms with Crippen LogP contribution in [-0.2, 0) is 6.54 Å². The average Bonchev–Trinajstić information content (AvgIpc) is 2.67. The molecule has 0 fully saturated rings. The second kappa shape index (κ2) is 4.49. The molecular weight excluding hydrogens is 204 g/mol. The van der Waals surface area contributed by atoms with E-state index in [2.05, 4.69) is 34.1 Å². The Bertz CT molecular complexity index is 478. The van der Waals surface area contributed by atoms with Crippen molar-refractivity contribution < 1.29 is 4.74 Å². The van der Waals surface area contributed by atoms with E-state index in [9.17, 15) is 0 Å². The Balaban J connectivity index is 2.22. The summed E-state index contributed by atoms with van der Waals surface area (Å²) in [6, 6.07) is 4.18. The molecular formula is C11H16N4O. The minimum absolute atomic E-state index is 0.440. The number of aromatic amines is 1. The molecule has 5 heteroatoms. The van der Waals surface area contributed by atoms with Crippen molar-refractivity contribution in [3.63, 3.8) is 0 Å². The second-order valence-electron chi connectivity index (χ2n) is 3.94. The van der Waals surface area contributed by atoms with Gasteiger partial charge in [0.15, 0.2) is 5.65 Å². The van der Waals surface area contributed by atoms with Crippen LogP contribution in [-0.4, -0.2) is 28.1 Å². The summed E-state index contributed by atoms with van der Waals surface area (Å²) in [6.45, 7) is 4.92. The molecule has 0 bridgehead atoms. The van der Waals surface area contributed by atoms with Crippen molar-refractivity contribution in [2.75, 3.05) is 7.11 Å². The lowest BCUT2D eigenvalue weighted by molar-refractivity contribution is 0.399. The first kappa shape index (κ1) is 10.9. The van der Waals surface area contributed by atoms with Crippen LogP contribution < -0.4 is 10.1 Å². The van der Waals surface area contributed by atoms with Gasteiger partial charge in [-0.1, -0.05) is 13.8 Å². The van der Waals surface area contributed by atoms with E-state index >= 15 is 0 Å². The third kappa shape index (κ3) is 2.30. The predicted molar refractivity (Wildman–Crippen MR) is 62.4 cm³/mol. The number of ether oxygens (including phenoxy) is 1. The van der Waals surface area contributed by atoms with Crippen LogP contribution >= 0.6 is 0 Å². The SMILES string of the molecule is COc1ccc2[nH]c(CNC(C)C)nc2n1. The molecule has 2 aromatic rings. The molecule has 2 rings (SSSR count). The van der Waals surface area contributed by atoms with E-state index in [1.54, 1.807) is 7.11 Å². The molecule has 2 aromatic heterocycles. The Kier molecular flexibility index (Phi) is 3.05. The fraction of sp³-hybridized carbons (Fsp3) is 0.455. The average molecular weight is 220 g/mol. The zero-order chi connectivity index (χ0) is 11.5. The van der Waals surface area contributed by atoms with Gasteiger partial charge in [-0.15, -0.1) is 0 Å². The largest absolute Gasteiger partial charge is 0.481 e. The fourth-order valence-corrected chi connectivity index (χ4v) is 1.42. The van der Waals surface area contributed by atoms with Crippen LogP contribution in [0.3, 0.4) is 0 Å². The lowest BCUT2D eigenvalue weighted by atomic mass is 10.4. The van der Waals surface area contributed by atoms with Gasteiger partial charge in [0, 0.05) is 12.1 Å². The predicted octanol–water partition coefficient (Wildman–Crippen LogP) is 1.46. The van der Waals surface area contributed by atoms with E-state index < -0.39 is 0 Å². The third-order valence-electron chi connectivity index (χ3n) is 2.26. The summed E-state index contributed by atoms with van der Waals surface area (Å²) >= 11 is 0. The van der Waals surface area contributed by atoms with Crippen molar-refractivity contribution in [1.82, 2.24) is 20.3 Å². The maximum atomic E-state index is 5.05. The van der Waals surface area contributed by atoms with Gasteiger partial charge in [0.1, 0.15) is 5.82 Å². The van der Waals surface area contributed by atoms with Gasteiger partial charge >= 0.3 is 0 Å². The number of fused-ring (bicyclic) bond motifs is 1. The molecule has 16 heavy (non-hydrogen) atoms. The van der Waals surface area contributed by atoms with Crippen LogP contribution in [0.25, 0.3) is 11.2 Å². The summed E-state index contributed by atoms with van der Waals surface area (Å²) in [5.74, 6) is 1.48. The lowest BCUT2D eigenvalue weighted by Crippen LogP contribution is -2.22. The van der Waals surface area contributed by atoms with Crippen molar-refractivity contribution in [2.45, 2.75) is 26.4 Å². The molecule has 0 spiro atoms. The van der Waals surface area contributed by atoms with Crippen molar-refractivity contribution >= 4 is 11.2 Å². The summed E-state index contributed by atoms with van der Waals surface area (Å²) in [5.41, 5.74) is 1.63. The maximum absolute atomic E-state index is 5.05. The van der Waals surface area contributed by atoms with E-state index in [0.29, 0.717) is 17.6 Å². The first-order chi connectivity index (χ1) is 7.69. The van der Waals surface area contributed by atoms with Gasteiger partial charge in [-0.2, -0.15) is 4.98 Å². The van der Waals surface area contributed by atoms with E-state index in [1.807, 2.05) is 12.1 Å². The molecule has 0 aliphatic carbocycles. The molecule has 2 N–H and O–H groups in total. The van der Waals surface area contributed by atoms with Gasteiger partial charge in [-0.3, -0.25) is 0 Å². The minimum atomic E-state index is 0.440. The Morgan fingerprint density at radius 2 is 2.19 bits per heavy atom. The number of aromatic nitrogens is 3. The normalized spacial score (nSPS) is 11.2. The highest BCUT2D eigenvalue weighted by atomic mass is 16.5. The summed E-state index contributed by atoms with van der Waals surface area (Å²) in [6.07, 6.45) is 0. The van der Waals surface area contributed by atoms with E-state index in [-0.39, 0.29) is 0 Å². The zero-order valence-corrected chi connectivity index (χ0v) is 9.74. The molecule has 0 aliphatic rings. The van der Waals surface area contributed by atoms with Gasteiger partial charge in [-0.25, -0.2) is 4.98 Å². The molecule has 5 nitrogen and oxygen atoms in total. The molecule has 0 radical (unpaired) electrons. The Morgan fingerprint density at radius 1 is 1.38 bits per heavy atom. The summed E-state index contributed by atoms with van der Waals surface area (Å²) < 4.78 is 5.05. The molecule has 0 aromatic carbocycles. The molecule has 0 unspecified atom stereocenters. The molecule has 0 saturated heterocycles. The number of nitrogens with zero attached hydrogens (tertiary/aromatic N) is 2. The number of hydrogen-bond donors (Lipinski definition) is 2.